The molecular formula is C15H21N2O4+. The highest BCUT2D eigenvalue weighted by atomic mass is 16.4. The summed E-state index contributed by atoms with van der Waals surface area (Å²) in [6.45, 7) is 2.74. The second-order valence-electron chi connectivity index (χ2n) is 5.93. The van der Waals surface area contributed by atoms with Gasteiger partial charge in [-0.3, -0.25) is 4.90 Å². The molecule has 1 aromatic rings. The molecule has 0 bridgehead atoms. The second kappa shape index (κ2) is 5.46. The van der Waals surface area contributed by atoms with E-state index in [2.05, 4.69) is 0 Å². The Labute approximate surface area is 123 Å². The van der Waals surface area contributed by atoms with Gasteiger partial charge in [0, 0.05) is 19.0 Å². The normalized spacial score (nSPS) is 30.0. The molecule has 1 aliphatic heterocycles. The third-order valence-corrected chi connectivity index (χ3v) is 4.51. The summed E-state index contributed by atoms with van der Waals surface area (Å²) in [7, 11) is 1.82. The highest BCUT2D eigenvalue weighted by Gasteiger charge is 2.61. The molecular weight excluding hydrogens is 272 g/mol. The molecule has 1 saturated heterocycles. The van der Waals surface area contributed by atoms with Gasteiger partial charge < -0.3 is 10.2 Å². The van der Waals surface area contributed by atoms with Crippen molar-refractivity contribution in [2.45, 2.75) is 19.0 Å². The van der Waals surface area contributed by atoms with Gasteiger partial charge in [0.05, 0.1) is 6.54 Å². The van der Waals surface area contributed by atoms with Gasteiger partial charge in [0.2, 0.25) is 5.54 Å². The zero-order valence-corrected chi connectivity index (χ0v) is 12.3. The SMILES string of the molecule is CN1CC[N@+](Cc2ccccc2)(C(=O)O)C(C)(C(=O)O)C1. The molecule has 2 N–H and O–H groups in total. The topological polar surface area (TPSA) is 77.8 Å². The Morgan fingerprint density at radius 3 is 2.43 bits per heavy atom. The van der Waals surface area contributed by atoms with Gasteiger partial charge in [0.1, 0.15) is 13.1 Å². The first-order valence-electron chi connectivity index (χ1n) is 6.88. The third kappa shape index (κ3) is 2.52. The van der Waals surface area contributed by atoms with Gasteiger partial charge in [-0.2, -0.15) is 4.79 Å². The Kier molecular flexibility index (Phi) is 4.02. The van der Waals surface area contributed by atoms with Crippen molar-refractivity contribution in [2.24, 2.45) is 0 Å². The number of carboxylic acids is 1. The fraction of sp³-hybridized carbons (Fsp3) is 0.467. The lowest BCUT2D eigenvalue weighted by Gasteiger charge is -2.49. The number of likely N-dealkylation sites (N-methyl/N-ethyl adjacent to an activating group) is 1. The number of benzene rings is 1. The molecule has 1 aromatic carbocycles. The molecule has 21 heavy (non-hydrogen) atoms. The number of piperazine rings is 1. The van der Waals surface area contributed by atoms with Gasteiger partial charge in [-0.25, -0.2) is 9.28 Å². The van der Waals surface area contributed by atoms with Crippen LogP contribution in [0.3, 0.4) is 0 Å². The number of rotatable bonds is 3. The zero-order chi connectivity index (χ0) is 15.7. The van der Waals surface area contributed by atoms with Crippen molar-refractivity contribution in [3.8, 4) is 0 Å². The molecule has 1 fully saturated rings. The van der Waals surface area contributed by atoms with Crippen LogP contribution in [0.4, 0.5) is 4.79 Å². The first kappa shape index (κ1) is 15.5. The van der Waals surface area contributed by atoms with Crippen LogP contribution in [0.1, 0.15) is 12.5 Å². The maximum absolute atomic E-state index is 12.0. The summed E-state index contributed by atoms with van der Waals surface area (Å²) >= 11 is 0. The lowest BCUT2D eigenvalue weighted by Crippen LogP contribution is -2.76. The summed E-state index contributed by atoms with van der Waals surface area (Å²) in [5.41, 5.74) is -0.550. The first-order chi connectivity index (χ1) is 9.82. The Bertz CT molecular complexity index is 548. The van der Waals surface area contributed by atoms with E-state index in [-0.39, 0.29) is 19.6 Å². The van der Waals surface area contributed by atoms with E-state index < -0.39 is 22.1 Å². The number of nitrogens with zero attached hydrogens (tertiary/aromatic N) is 2. The average Bonchev–Trinajstić information content (AvgIpc) is 2.43. The summed E-state index contributed by atoms with van der Waals surface area (Å²) in [6.07, 6.45) is -1.09. The van der Waals surface area contributed by atoms with Gasteiger partial charge in [0.25, 0.3) is 0 Å². The number of aliphatic carboxylic acids is 1. The molecule has 1 aliphatic rings. The maximum atomic E-state index is 12.0. The Hall–Kier alpha value is -1.92. The summed E-state index contributed by atoms with van der Waals surface area (Å²) in [5, 5.41) is 19.5. The Balaban J connectivity index is 2.48. The molecule has 0 aromatic heterocycles. The van der Waals surface area contributed by atoms with Gasteiger partial charge in [-0.1, -0.05) is 30.3 Å². The number of hydrogen-bond donors (Lipinski definition) is 2. The number of carbonyl (C=O) groups is 2. The molecule has 1 amide bonds. The zero-order valence-electron chi connectivity index (χ0n) is 12.3. The molecule has 1 unspecified atom stereocenters. The van der Waals surface area contributed by atoms with E-state index in [1.165, 1.54) is 6.92 Å². The number of carboxylic acid groups (broad SMARTS) is 2. The van der Waals surface area contributed by atoms with Crippen molar-refractivity contribution in [3.05, 3.63) is 35.9 Å². The third-order valence-electron chi connectivity index (χ3n) is 4.51. The molecule has 2 rings (SSSR count). The van der Waals surface area contributed by atoms with Crippen LogP contribution >= 0.6 is 0 Å². The van der Waals surface area contributed by atoms with E-state index in [0.29, 0.717) is 6.54 Å². The van der Waals surface area contributed by atoms with Crippen molar-refractivity contribution in [1.82, 2.24) is 4.90 Å². The lowest BCUT2D eigenvalue weighted by atomic mass is 9.91. The highest BCUT2D eigenvalue weighted by Crippen LogP contribution is 2.33. The minimum Gasteiger partial charge on any atom is -0.477 e. The monoisotopic (exact) mass is 293 g/mol. The maximum Gasteiger partial charge on any atom is 0.514 e. The minimum atomic E-state index is -1.38. The fourth-order valence-electron chi connectivity index (χ4n) is 3.10. The standard InChI is InChI=1S/C15H20N2O4/c1-15(13(18)19)11-16(2)8-9-17(15,14(20)21)10-12-6-4-3-5-7-12/h3-7H,8-11H2,1-2H3,(H-,18,19,20,21)/p+1/t15?,17-/m0/s1. The molecule has 6 nitrogen and oxygen atoms in total. The average molecular weight is 293 g/mol. The number of quaternary nitrogens is 1. The lowest BCUT2D eigenvalue weighted by molar-refractivity contribution is -0.915. The molecule has 114 valence electrons. The van der Waals surface area contributed by atoms with Gasteiger partial charge in [-0.15, -0.1) is 0 Å². The van der Waals surface area contributed by atoms with Gasteiger partial charge in [-0.05, 0) is 7.05 Å². The largest absolute Gasteiger partial charge is 0.514 e. The van der Waals surface area contributed by atoms with E-state index in [0.717, 1.165) is 5.56 Å². The van der Waals surface area contributed by atoms with E-state index in [1.54, 1.807) is 0 Å². The van der Waals surface area contributed by atoms with E-state index in [1.807, 2.05) is 42.3 Å². The van der Waals surface area contributed by atoms with E-state index in [9.17, 15) is 19.8 Å². The van der Waals surface area contributed by atoms with Crippen molar-refractivity contribution in [3.63, 3.8) is 0 Å². The molecule has 6 heteroatoms. The summed E-state index contributed by atoms with van der Waals surface area (Å²) in [6, 6.07) is 9.20. The molecule has 0 saturated carbocycles. The van der Waals surface area contributed by atoms with Crippen LogP contribution in [0.2, 0.25) is 0 Å². The Morgan fingerprint density at radius 2 is 1.90 bits per heavy atom. The predicted molar refractivity (Wildman–Crippen MR) is 76.8 cm³/mol. The van der Waals surface area contributed by atoms with Crippen LogP contribution in [0.15, 0.2) is 30.3 Å². The summed E-state index contributed by atoms with van der Waals surface area (Å²) in [5.74, 6) is -1.08. The van der Waals surface area contributed by atoms with Gasteiger partial charge in [0.15, 0.2) is 0 Å². The van der Waals surface area contributed by atoms with E-state index in [4.69, 9.17) is 0 Å². The van der Waals surface area contributed by atoms with Gasteiger partial charge >= 0.3 is 12.1 Å². The quantitative estimate of drug-likeness (QED) is 0.825. The number of amides is 1. The highest BCUT2D eigenvalue weighted by molar-refractivity contribution is 5.79. The number of hydrogen-bond acceptors (Lipinski definition) is 3. The van der Waals surface area contributed by atoms with Crippen LogP contribution in [0.25, 0.3) is 0 Å². The predicted octanol–water partition coefficient (Wildman–Crippen LogP) is 1.47. The minimum absolute atomic E-state index is 0.173. The fourth-order valence-corrected chi connectivity index (χ4v) is 3.10. The molecule has 0 spiro atoms. The van der Waals surface area contributed by atoms with Crippen molar-refractivity contribution in [2.75, 3.05) is 26.7 Å². The first-order valence-corrected chi connectivity index (χ1v) is 6.88. The van der Waals surface area contributed by atoms with Crippen LogP contribution in [-0.4, -0.2) is 63.9 Å². The van der Waals surface area contributed by atoms with Crippen molar-refractivity contribution >= 4 is 12.1 Å². The van der Waals surface area contributed by atoms with Crippen molar-refractivity contribution < 1.29 is 24.3 Å². The Morgan fingerprint density at radius 1 is 1.29 bits per heavy atom. The second-order valence-corrected chi connectivity index (χ2v) is 5.93. The van der Waals surface area contributed by atoms with Crippen LogP contribution in [0.5, 0.6) is 0 Å². The molecule has 1 heterocycles. The molecule has 2 atom stereocenters. The van der Waals surface area contributed by atoms with Crippen LogP contribution in [0, 0.1) is 0 Å². The van der Waals surface area contributed by atoms with Crippen LogP contribution < -0.4 is 0 Å². The molecule has 0 radical (unpaired) electrons. The summed E-state index contributed by atoms with van der Waals surface area (Å²) < 4.78 is -0.476. The summed E-state index contributed by atoms with van der Waals surface area (Å²) in [4.78, 5) is 25.7. The van der Waals surface area contributed by atoms with E-state index >= 15 is 0 Å². The van der Waals surface area contributed by atoms with Crippen molar-refractivity contribution in [1.29, 1.82) is 0 Å². The molecule has 0 aliphatic carbocycles. The smallest absolute Gasteiger partial charge is 0.477 e. The van der Waals surface area contributed by atoms with Crippen LogP contribution in [-0.2, 0) is 11.3 Å².